The van der Waals surface area contributed by atoms with Crippen molar-refractivity contribution >= 4 is 39.5 Å². The smallest absolute Gasteiger partial charge is 0.328 e. The topological polar surface area (TPSA) is 68.5 Å². The summed E-state index contributed by atoms with van der Waals surface area (Å²) in [5.41, 5.74) is 0.290. The van der Waals surface area contributed by atoms with Gasteiger partial charge in [-0.2, -0.15) is 0 Å². The fraction of sp³-hybridized carbons (Fsp3) is 0.333. The average Bonchev–Trinajstić information content (AvgIpc) is 2.47. The molecule has 0 spiro atoms. The van der Waals surface area contributed by atoms with Gasteiger partial charge in [0.2, 0.25) is 0 Å². The highest BCUT2D eigenvalue weighted by molar-refractivity contribution is 14.1. The van der Waals surface area contributed by atoms with Gasteiger partial charge in [0.15, 0.2) is 5.43 Å². The predicted octanol–water partition coefficient (Wildman–Crippen LogP) is 2.50. The van der Waals surface area contributed by atoms with Crippen molar-refractivity contribution in [3.05, 3.63) is 40.8 Å². The van der Waals surface area contributed by atoms with E-state index < -0.39 is 3.42 Å². The van der Waals surface area contributed by atoms with Gasteiger partial charge in [0.1, 0.15) is 14.8 Å². The largest absolute Gasteiger partial charge is 0.464 e. The van der Waals surface area contributed by atoms with Crippen molar-refractivity contribution < 1.29 is 13.9 Å². The van der Waals surface area contributed by atoms with Crippen LogP contribution in [0.5, 0.6) is 5.75 Å². The van der Waals surface area contributed by atoms with Gasteiger partial charge in [-0.3, -0.25) is 9.59 Å². The Balaban J connectivity index is 2.30. The Hall–Kier alpha value is -1.41. The van der Waals surface area contributed by atoms with E-state index in [2.05, 4.69) is 27.9 Å². The summed E-state index contributed by atoms with van der Waals surface area (Å²) in [6, 6.07) is 6.02. The zero-order chi connectivity index (χ0) is 15.6. The monoisotopic (exact) mass is 401 g/mol. The van der Waals surface area contributed by atoms with Crippen LogP contribution in [0.4, 0.5) is 0 Å². The first-order chi connectivity index (χ1) is 9.86. The maximum Gasteiger partial charge on any atom is 0.328 e. The van der Waals surface area contributed by atoms with E-state index in [1.54, 1.807) is 26.1 Å². The molecule has 0 bridgehead atoms. The highest BCUT2D eigenvalue weighted by Crippen LogP contribution is 2.26. The van der Waals surface area contributed by atoms with E-state index in [9.17, 15) is 9.59 Å². The van der Waals surface area contributed by atoms with Gasteiger partial charge < -0.3 is 14.5 Å². The number of nitrogens with one attached hydrogen (secondary N) is 1. The molecular formula is C15H16INO4. The first kappa shape index (κ1) is 16.0. The second-order valence-corrected chi connectivity index (χ2v) is 7.16. The van der Waals surface area contributed by atoms with Crippen LogP contribution in [0, 0.1) is 0 Å². The van der Waals surface area contributed by atoms with Gasteiger partial charge in [-0.25, -0.2) is 0 Å². The third-order valence-electron chi connectivity index (χ3n) is 3.49. The zero-order valence-corrected chi connectivity index (χ0v) is 14.1. The second-order valence-electron chi connectivity index (χ2n) is 4.92. The molecule has 0 amide bonds. The molecule has 1 heterocycles. The fourth-order valence-electron chi connectivity index (χ4n) is 1.78. The lowest BCUT2D eigenvalue weighted by molar-refractivity contribution is -0.136. The molecule has 2 atom stereocenters. The van der Waals surface area contributed by atoms with Crippen molar-refractivity contribution in [1.29, 1.82) is 0 Å². The Morgan fingerprint density at radius 1 is 1.43 bits per heavy atom. The standard InChI is InChI=1S/C15H16INO4/c1-9(17-3)15(2,16)14(19)21-10-4-5-13-11(8-10)12(18)6-7-20-13/h4-9,17H,1-3H3. The van der Waals surface area contributed by atoms with Crippen LogP contribution < -0.4 is 15.5 Å². The quantitative estimate of drug-likeness (QED) is 0.369. The number of benzene rings is 1. The van der Waals surface area contributed by atoms with Crippen molar-refractivity contribution in [3.63, 3.8) is 0 Å². The molecule has 6 heteroatoms. The molecule has 1 aromatic carbocycles. The van der Waals surface area contributed by atoms with E-state index in [1.807, 2.05) is 6.92 Å². The summed E-state index contributed by atoms with van der Waals surface area (Å²) in [6.45, 7) is 3.70. The molecule has 0 saturated heterocycles. The summed E-state index contributed by atoms with van der Waals surface area (Å²) in [6.07, 6.45) is 1.34. The highest BCUT2D eigenvalue weighted by Gasteiger charge is 2.37. The summed E-state index contributed by atoms with van der Waals surface area (Å²) in [5.74, 6) is -0.0400. The molecule has 1 N–H and O–H groups in total. The summed E-state index contributed by atoms with van der Waals surface area (Å²) < 4.78 is 9.90. The molecule has 2 aromatic rings. The number of esters is 1. The summed E-state index contributed by atoms with van der Waals surface area (Å²) >= 11 is 2.06. The van der Waals surface area contributed by atoms with Crippen molar-refractivity contribution in [2.45, 2.75) is 23.3 Å². The van der Waals surface area contributed by atoms with Crippen LogP contribution in [0.2, 0.25) is 0 Å². The minimum absolute atomic E-state index is 0.0591. The molecule has 0 aliphatic heterocycles. The highest BCUT2D eigenvalue weighted by atomic mass is 127. The van der Waals surface area contributed by atoms with E-state index in [0.717, 1.165) is 0 Å². The Kier molecular flexibility index (Phi) is 4.67. The van der Waals surface area contributed by atoms with E-state index in [0.29, 0.717) is 16.7 Å². The third-order valence-corrected chi connectivity index (χ3v) is 4.86. The molecule has 2 rings (SSSR count). The van der Waals surface area contributed by atoms with Crippen molar-refractivity contribution in [3.8, 4) is 5.75 Å². The van der Waals surface area contributed by atoms with Crippen LogP contribution in [0.15, 0.2) is 39.7 Å². The average molecular weight is 401 g/mol. The number of carbonyl (C=O) groups excluding carboxylic acids is 1. The van der Waals surface area contributed by atoms with Crippen molar-refractivity contribution in [2.24, 2.45) is 0 Å². The van der Waals surface area contributed by atoms with Crippen LogP contribution in [0.3, 0.4) is 0 Å². The second kappa shape index (κ2) is 6.15. The maximum absolute atomic E-state index is 12.3. The van der Waals surface area contributed by atoms with Gasteiger partial charge in [-0.15, -0.1) is 0 Å². The lowest BCUT2D eigenvalue weighted by Gasteiger charge is -2.27. The summed E-state index contributed by atoms with van der Waals surface area (Å²) in [5, 5.41) is 3.43. The molecule has 21 heavy (non-hydrogen) atoms. The lowest BCUT2D eigenvalue weighted by Crippen LogP contribution is -2.48. The minimum atomic E-state index is -0.719. The van der Waals surface area contributed by atoms with Gasteiger partial charge in [0.25, 0.3) is 0 Å². The molecule has 0 fully saturated rings. The molecule has 1 aromatic heterocycles. The van der Waals surface area contributed by atoms with Crippen LogP contribution in [-0.4, -0.2) is 22.5 Å². The molecule has 0 radical (unpaired) electrons. The van der Waals surface area contributed by atoms with E-state index in [1.165, 1.54) is 18.4 Å². The number of alkyl halides is 1. The van der Waals surface area contributed by atoms with E-state index in [4.69, 9.17) is 9.15 Å². The maximum atomic E-state index is 12.3. The third kappa shape index (κ3) is 3.26. The van der Waals surface area contributed by atoms with Crippen LogP contribution in [0.1, 0.15) is 13.8 Å². The molecule has 112 valence electrons. The van der Waals surface area contributed by atoms with Gasteiger partial charge in [0, 0.05) is 12.1 Å². The Labute approximate surface area is 135 Å². The number of fused-ring (bicyclic) bond motifs is 1. The number of hydrogen-bond donors (Lipinski definition) is 1. The number of carbonyl (C=O) groups is 1. The number of hydrogen-bond acceptors (Lipinski definition) is 5. The first-order valence-electron chi connectivity index (χ1n) is 6.46. The molecule has 0 saturated carbocycles. The van der Waals surface area contributed by atoms with Gasteiger partial charge in [0.05, 0.1) is 11.6 Å². The molecule has 5 nitrogen and oxygen atoms in total. The molecule has 0 aliphatic rings. The Morgan fingerprint density at radius 3 is 2.81 bits per heavy atom. The molecular weight excluding hydrogens is 385 g/mol. The summed E-state index contributed by atoms with van der Waals surface area (Å²) in [4.78, 5) is 24.0. The van der Waals surface area contributed by atoms with Gasteiger partial charge in [-0.05, 0) is 39.1 Å². The summed E-state index contributed by atoms with van der Waals surface area (Å²) in [7, 11) is 1.79. The SMILES string of the molecule is CNC(C)C(C)(I)C(=O)Oc1ccc2occc(=O)c2c1. The molecule has 2 unspecified atom stereocenters. The normalized spacial score (nSPS) is 15.4. The van der Waals surface area contributed by atoms with Gasteiger partial charge in [-0.1, -0.05) is 22.6 Å². The number of halogens is 1. The van der Waals surface area contributed by atoms with E-state index >= 15 is 0 Å². The zero-order valence-electron chi connectivity index (χ0n) is 12.0. The number of rotatable bonds is 4. The van der Waals surface area contributed by atoms with Crippen LogP contribution >= 0.6 is 22.6 Å². The minimum Gasteiger partial charge on any atom is -0.464 e. The van der Waals surface area contributed by atoms with E-state index in [-0.39, 0.29) is 17.4 Å². The number of ether oxygens (including phenoxy) is 1. The lowest BCUT2D eigenvalue weighted by atomic mass is 10.0. The fourth-order valence-corrected chi connectivity index (χ4v) is 2.20. The predicted molar refractivity (Wildman–Crippen MR) is 89.1 cm³/mol. The Bertz CT molecular complexity index is 723. The van der Waals surface area contributed by atoms with Crippen LogP contribution in [0.25, 0.3) is 11.0 Å². The molecule has 0 aliphatic carbocycles. The first-order valence-corrected chi connectivity index (χ1v) is 7.54. The van der Waals surface area contributed by atoms with Crippen LogP contribution in [-0.2, 0) is 4.79 Å². The van der Waals surface area contributed by atoms with Gasteiger partial charge >= 0.3 is 5.97 Å². The van der Waals surface area contributed by atoms with Crippen molar-refractivity contribution in [2.75, 3.05) is 7.05 Å². The Morgan fingerprint density at radius 2 is 2.14 bits per heavy atom. The van der Waals surface area contributed by atoms with Crippen molar-refractivity contribution in [1.82, 2.24) is 5.32 Å².